The van der Waals surface area contributed by atoms with E-state index in [-0.39, 0.29) is 46.0 Å². The lowest BCUT2D eigenvalue weighted by atomic mass is 9.80. The van der Waals surface area contributed by atoms with Crippen molar-refractivity contribution in [2.24, 2.45) is 5.73 Å². The van der Waals surface area contributed by atoms with Crippen LogP contribution in [0.2, 0.25) is 10.0 Å². The minimum absolute atomic E-state index is 0.0197. The molecule has 0 aliphatic carbocycles. The zero-order chi connectivity index (χ0) is 22.4. The third kappa shape index (κ3) is 5.31. The lowest BCUT2D eigenvalue weighted by molar-refractivity contribution is -0.139. The quantitative estimate of drug-likeness (QED) is 0.439. The SMILES string of the molecule is CCOC(=O)C1=C(COCC(N)=S)NC(C)=C(C(=O)OC)C1c1cccc(Cl)c1Cl. The summed E-state index contributed by atoms with van der Waals surface area (Å²) in [7, 11) is 1.26. The van der Waals surface area contributed by atoms with Gasteiger partial charge in [-0.2, -0.15) is 0 Å². The summed E-state index contributed by atoms with van der Waals surface area (Å²) >= 11 is 17.5. The van der Waals surface area contributed by atoms with Gasteiger partial charge in [-0.15, -0.1) is 0 Å². The Morgan fingerprint density at radius 1 is 1.23 bits per heavy atom. The van der Waals surface area contributed by atoms with Crippen molar-refractivity contribution in [1.82, 2.24) is 5.32 Å². The highest BCUT2D eigenvalue weighted by atomic mass is 35.5. The molecule has 10 heteroatoms. The fraction of sp³-hybridized carbons (Fsp3) is 0.350. The second-order valence-electron chi connectivity index (χ2n) is 6.30. The number of hydrogen-bond acceptors (Lipinski definition) is 7. The summed E-state index contributed by atoms with van der Waals surface area (Å²) in [4.78, 5) is 25.8. The van der Waals surface area contributed by atoms with E-state index in [0.717, 1.165) is 0 Å². The van der Waals surface area contributed by atoms with Gasteiger partial charge in [0.2, 0.25) is 0 Å². The topological polar surface area (TPSA) is 99.9 Å². The van der Waals surface area contributed by atoms with E-state index in [9.17, 15) is 9.59 Å². The second kappa shape index (κ2) is 10.8. The van der Waals surface area contributed by atoms with Crippen LogP contribution in [0.4, 0.5) is 0 Å². The molecule has 1 heterocycles. The van der Waals surface area contributed by atoms with Crippen LogP contribution in [0.15, 0.2) is 40.7 Å². The van der Waals surface area contributed by atoms with Gasteiger partial charge in [0, 0.05) is 5.70 Å². The highest BCUT2D eigenvalue weighted by Gasteiger charge is 2.40. The van der Waals surface area contributed by atoms with Gasteiger partial charge in [-0.1, -0.05) is 47.6 Å². The molecular formula is C20H22Cl2N2O5S. The van der Waals surface area contributed by atoms with Gasteiger partial charge < -0.3 is 25.3 Å². The largest absolute Gasteiger partial charge is 0.466 e. The van der Waals surface area contributed by atoms with E-state index in [1.165, 1.54) is 7.11 Å². The molecule has 30 heavy (non-hydrogen) atoms. The molecular weight excluding hydrogens is 451 g/mol. The Balaban J connectivity index is 2.71. The average molecular weight is 473 g/mol. The Hall–Kier alpha value is -2.13. The molecule has 3 N–H and O–H groups in total. The highest BCUT2D eigenvalue weighted by molar-refractivity contribution is 7.80. The van der Waals surface area contributed by atoms with Crippen LogP contribution in [0.25, 0.3) is 0 Å². The molecule has 7 nitrogen and oxygen atoms in total. The van der Waals surface area contributed by atoms with Crippen molar-refractivity contribution in [1.29, 1.82) is 0 Å². The van der Waals surface area contributed by atoms with Gasteiger partial charge in [0.1, 0.15) is 0 Å². The molecule has 1 atom stereocenters. The van der Waals surface area contributed by atoms with Crippen molar-refractivity contribution < 1.29 is 23.8 Å². The average Bonchev–Trinajstić information content (AvgIpc) is 2.69. The highest BCUT2D eigenvalue weighted by Crippen LogP contribution is 2.43. The van der Waals surface area contributed by atoms with Gasteiger partial charge in [-0.3, -0.25) is 0 Å². The number of thiocarbonyl (C=S) groups is 1. The van der Waals surface area contributed by atoms with Gasteiger partial charge in [-0.05, 0) is 25.5 Å². The van der Waals surface area contributed by atoms with Crippen LogP contribution in [0, 0.1) is 0 Å². The van der Waals surface area contributed by atoms with Gasteiger partial charge in [0.25, 0.3) is 0 Å². The predicted octanol–water partition coefficient (Wildman–Crippen LogP) is 3.25. The molecule has 1 aromatic rings. The number of allylic oxidation sites excluding steroid dienone is 1. The number of dihydropyridines is 1. The number of carbonyl (C=O) groups excluding carboxylic acids is 2. The Labute approximate surface area is 190 Å². The van der Waals surface area contributed by atoms with Crippen LogP contribution < -0.4 is 11.1 Å². The summed E-state index contributed by atoms with van der Waals surface area (Å²) in [6.45, 7) is 3.50. The summed E-state index contributed by atoms with van der Waals surface area (Å²) < 4.78 is 15.7. The number of nitrogens with one attached hydrogen (secondary N) is 1. The molecule has 1 aliphatic heterocycles. The summed E-state index contributed by atoms with van der Waals surface area (Å²) in [5, 5.41) is 3.55. The van der Waals surface area contributed by atoms with Gasteiger partial charge in [0.05, 0.1) is 64.7 Å². The van der Waals surface area contributed by atoms with Gasteiger partial charge in [-0.25, -0.2) is 9.59 Å². The van der Waals surface area contributed by atoms with Crippen LogP contribution in [0.5, 0.6) is 0 Å². The Kier molecular flexibility index (Phi) is 8.66. The molecule has 1 aromatic carbocycles. The number of hydrogen-bond donors (Lipinski definition) is 2. The van der Waals surface area contributed by atoms with E-state index in [2.05, 4.69) is 5.32 Å². The summed E-state index contributed by atoms with van der Waals surface area (Å²) in [5.74, 6) is -2.13. The lowest BCUT2D eigenvalue weighted by Crippen LogP contribution is -2.35. The van der Waals surface area contributed by atoms with Crippen LogP contribution in [-0.4, -0.2) is 43.9 Å². The first-order valence-electron chi connectivity index (χ1n) is 8.99. The first-order chi connectivity index (χ1) is 14.2. The van der Waals surface area contributed by atoms with Crippen LogP contribution in [0.3, 0.4) is 0 Å². The first-order valence-corrected chi connectivity index (χ1v) is 10.1. The van der Waals surface area contributed by atoms with Crippen molar-refractivity contribution in [3.05, 3.63) is 56.3 Å². The molecule has 0 bridgehead atoms. The Morgan fingerprint density at radius 2 is 1.93 bits per heavy atom. The number of halogens is 2. The normalized spacial score (nSPS) is 16.2. The van der Waals surface area contributed by atoms with Crippen molar-refractivity contribution in [3.8, 4) is 0 Å². The van der Waals surface area contributed by atoms with E-state index in [1.807, 2.05) is 0 Å². The maximum Gasteiger partial charge on any atom is 0.336 e. The molecule has 0 amide bonds. The lowest BCUT2D eigenvalue weighted by Gasteiger charge is -2.31. The number of methoxy groups -OCH3 is 1. The Morgan fingerprint density at radius 3 is 2.53 bits per heavy atom. The third-order valence-corrected chi connectivity index (χ3v) is 5.28. The molecule has 0 aromatic heterocycles. The van der Waals surface area contributed by atoms with Crippen molar-refractivity contribution in [2.45, 2.75) is 19.8 Å². The summed E-state index contributed by atoms with van der Waals surface area (Å²) in [6.07, 6.45) is 0. The zero-order valence-electron chi connectivity index (χ0n) is 16.7. The van der Waals surface area contributed by atoms with Crippen LogP contribution in [0.1, 0.15) is 25.3 Å². The minimum atomic E-state index is -0.882. The smallest absolute Gasteiger partial charge is 0.336 e. The molecule has 0 saturated heterocycles. The predicted molar refractivity (Wildman–Crippen MR) is 118 cm³/mol. The fourth-order valence-corrected chi connectivity index (χ4v) is 3.65. The number of ether oxygens (including phenoxy) is 3. The van der Waals surface area contributed by atoms with Crippen molar-refractivity contribution in [2.75, 3.05) is 26.9 Å². The molecule has 0 radical (unpaired) electrons. The molecule has 1 unspecified atom stereocenters. The number of benzene rings is 1. The molecule has 162 valence electrons. The van der Waals surface area contributed by atoms with E-state index in [1.54, 1.807) is 32.0 Å². The van der Waals surface area contributed by atoms with Gasteiger partial charge >= 0.3 is 11.9 Å². The van der Waals surface area contributed by atoms with E-state index in [0.29, 0.717) is 17.0 Å². The summed E-state index contributed by atoms with van der Waals surface area (Å²) in [5.41, 5.74) is 7.20. The number of nitrogens with two attached hydrogens (primary N) is 1. The standard InChI is InChI=1S/C20H22Cl2N2O5S/c1-4-29-20(26)17-13(8-28-9-14(23)30)24-10(2)15(19(25)27-3)16(17)11-6-5-7-12(21)18(11)22/h5-7,16,24H,4,8-9H2,1-3H3,(H2,23,30). The van der Waals surface area contributed by atoms with Crippen LogP contribution in [-0.2, 0) is 23.8 Å². The number of rotatable bonds is 8. The molecule has 0 spiro atoms. The van der Waals surface area contributed by atoms with Crippen LogP contribution >= 0.6 is 35.4 Å². The molecule has 0 fully saturated rings. The minimum Gasteiger partial charge on any atom is -0.466 e. The molecule has 1 aliphatic rings. The fourth-order valence-electron chi connectivity index (χ4n) is 3.15. The maximum atomic E-state index is 13.0. The maximum absolute atomic E-state index is 13.0. The van der Waals surface area contributed by atoms with Crippen molar-refractivity contribution in [3.63, 3.8) is 0 Å². The number of carbonyl (C=O) groups is 2. The molecule has 2 rings (SSSR count). The molecule has 0 saturated carbocycles. The first kappa shape index (κ1) is 24.1. The van der Waals surface area contributed by atoms with E-state index in [4.69, 9.17) is 55.4 Å². The zero-order valence-corrected chi connectivity index (χ0v) is 19.0. The second-order valence-corrected chi connectivity index (χ2v) is 7.61. The monoisotopic (exact) mass is 472 g/mol. The van der Waals surface area contributed by atoms with E-state index < -0.39 is 17.9 Å². The van der Waals surface area contributed by atoms with Gasteiger partial charge in [0.15, 0.2) is 0 Å². The number of esters is 2. The van der Waals surface area contributed by atoms with Crippen molar-refractivity contribution >= 4 is 52.3 Å². The third-order valence-electron chi connectivity index (χ3n) is 4.33. The summed E-state index contributed by atoms with van der Waals surface area (Å²) in [6, 6.07) is 4.98. The Bertz CT molecular complexity index is 930. The van der Waals surface area contributed by atoms with E-state index >= 15 is 0 Å².